The second-order valence-corrected chi connectivity index (χ2v) is 4.72. The minimum Gasteiger partial charge on any atom is -0.383 e. The van der Waals surface area contributed by atoms with Gasteiger partial charge in [0.05, 0.1) is 0 Å². The van der Waals surface area contributed by atoms with Crippen LogP contribution >= 0.6 is 0 Å². The first kappa shape index (κ1) is 11.7. The Morgan fingerprint density at radius 3 is 2.68 bits per heavy atom. The second-order valence-electron chi connectivity index (χ2n) is 4.72. The predicted octanol–water partition coefficient (Wildman–Crippen LogP) is 3.34. The normalized spacial score (nSPS) is 11.1. The highest BCUT2D eigenvalue weighted by molar-refractivity contribution is 5.75. The fourth-order valence-electron chi connectivity index (χ4n) is 2.41. The maximum absolute atomic E-state index is 13.3. The molecule has 0 saturated carbocycles. The fourth-order valence-corrected chi connectivity index (χ4v) is 2.41. The van der Waals surface area contributed by atoms with Crippen LogP contribution in [0, 0.1) is 19.7 Å². The number of nitrogen functional groups attached to an aromatic ring is 1. The molecule has 2 heterocycles. The number of pyridine rings is 1. The van der Waals surface area contributed by atoms with E-state index in [-0.39, 0.29) is 5.82 Å². The molecule has 2 aromatic heterocycles. The lowest BCUT2D eigenvalue weighted by atomic mass is 10.1. The third-order valence-electron chi connectivity index (χ3n) is 3.18. The summed E-state index contributed by atoms with van der Waals surface area (Å²) in [4.78, 5) is 4.52. The van der Waals surface area contributed by atoms with Crippen LogP contribution in [0.1, 0.15) is 11.3 Å². The molecule has 4 heteroatoms. The summed E-state index contributed by atoms with van der Waals surface area (Å²) in [5.41, 5.74) is 10.4. The predicted molar refractivity (Wildman–Crippen MR) is 74.5 cm³/mol. The molecule has 0 aliphatic heterocycles. The van der Waals surface area contributed by atoms with Gasteiger partial charge in [-0.2, -0.15) is 0 Å². The van der Waals surface area contributed by atoms with Crippen molar-refractivity contribution < 1.29 is 4.39 Å². The molecule has 0 fully saturated rings. The molecule has 0 bridgehead atoms. The summed E-state index contributed by atoms with van der Waals surface area (Å²) >= 11 is 0. The highest BCUT2D eigenvalue weighted by Gasteiger charge is 2.13. The minimum absolute atomic E-state index is 0.290. The van der Waals surface area contributed by atoms with Gasteiger partial charge < -0.3 is 5.73 Å². The smallest absolute Gasteiger partial charge is 0.139 e. The van der Waals surface area contributed by atoms with E-state index >= 15 is 0 Å². The average molecular weight is 255 g/mol. The van der Waals surface area contributed by atoms with Crippen molar-refractivity contribution in [2.75, 3.05) is 5.73 Å². The van der Waals surface area contributed by atoms with Crippen molar-refractivity contribution in [3.8, 4) is 11.3 Å². The van der Waals surface area contributed by atoms with E-state index in [1.807, 2.05) is 36.4 Å². The van der Waals surface area contributed by atoms with Crippen LogP contribution in [0.3, 0.4) is 0 Å². The van der Waals surface area contributed by atoms with Crippen molar-refractivity contribution in [2.24, 2.45) is 0 Å². The van der Waals surface area contributed by atoms with Crippen LogP contribution in [0.15, 0.2) is 36.4 Å². The van der Waals surface area contributed by atoms with Gasteiger partial charge in [0.2, 0.25) is 0 Å². The number of imidazole rings is 1. The number of halogens is 1. The zero-order chi connectivity index (χ0) is 13.6. The Balaban J connectivity index is 2.31. The van der Waals surface area contributed by atoms with Gasteiger partial charge in [-0.15, -0.1) is 0 Å². The first-order valence-corrected chi connectivity index (χ1v) is 6.07. The van der Waals surface area contributed by atoms with Gasteiger partial charge in [0.25, 0.3) is 0 Å². The molecule has 0 saturated heterocycles. The van der Waals surface area contributed by atoms with Crippen molar-refractivity contribution in [3.63, 3.8) is 0 Å². The van der Waals surface area contributed by atoms with E-state index in [2.05, 4.69) is 4.98 Å². The van der Waals surface area contributed by atoms with Gasteiger partial charge in [-0.1, -0.05) is 12.1 Å². The highest BCUT2D eigenvalue weighted by Crippen LogP contribution is 2.28. The van der Waals surface area contributed by atoms with Gasteiger partial charge in [-0.25, -0.2) is 9.37 Å². The molecule has 0 aliphatic carbocycles. The number of benzene rings is 1. The molecule has 3 aromatic rings. The Labute approximate surface area is 110 Å². The van der Waals surface area contributed by atoms with Crippen LogP contribution in [-0.4, -0.2) is 9.38 Å². The van der Waals surface area contributed by atoms with E-state index in [1.165, 1.54) is 12.1 Å². The molecule has 0 unspecified atom stereocenters. The lowest BCUT2D eigenvalue weighted by Gasteiger charge is -2.03. The van der Waals surface area contributed by atoms with Crippen LogP contribution in [0.5, 0.6) is 0 Å². The van der Waals surface area contributed by atoms with Gasteiger partial charge in [0, 0.05) is 11.3 Å². The maximum Gasteiger partial charge on any atom is 0.139 e. The van der Waals surface area contributed by atoms with E-state index in [0.717, 1.165) is 16.9 Å². The molecule has 3 nitrogen and oxygen atoms in total. The third kappa shape index (κ3) is 1.85. The van der Waals surface area contributed by atoms with Crippen molar-refractivity contribution in [2.45, 2.75) is 13.8 Å². The van der Waals surface area contributed by atoms with Gasteiger partial charge in [-0.3, -0.25) is 4.40 Å². The summed E-state index contributed by atoms with van der Waals surface area (Å²) in [5, 5.41) is 0. The third-order valence-corrected chi connectivity index (χ3v) is 3.18. The van der Waals surface area contributed by atoms with Crippen LogP contribution in [0.4, 0.5) is 10.2 Å². The van der Waals surface area contributed by atoms with E-state index in [4.69, 9.17) is 5.73 Å². The second kappa shape index (κ2) is 4.09. The summed E-state index contributed by atoms with van der Waals surface area (Å²) in [6, 6.07) is 10.3. The largest absolute Gasteiger partial charge is 0.383 e. The Hall–Kier alpha value is -2.36. The van der Waals surface area contributed by atoms with Gasteiger partial charge in [0.15, 0.2) is 0 Å². The van der Waals surface area contributed by atoms with Crippen LogP contribution < -0.4 is 5.73 Å². The lowest BCUT2D eigenvalue weighted by Crippen LogP contribution is -1.98. The zero-order valence-electron chi connectivity index (χ0n) is 10.8. The highest BCUT2D eigenvalue weighted by atomic mass is 19.1. The number of nitrogens with two attached hydrogens (primary N) is 1. The van der Waals surface area contributed by atoms with Gasteiger partial charge >= 0.3 is 0 Å². The van der Waals surface area contributed by atoms with Crippen LogP contribution in [-0.2, 0) is 0 Å². The SMILES string of the molecule is Cc1cc(C)n2c(N)c(-c3cccc(F)c3)nc2c1. The summed E-state index contributed by atoms with van der Waals surface area (Å²) in [6.45, 7) is 3.99. The Kier molecular flexibility index (Phi) is 2.52. The molecule has 19 heavy (non-hydrogen) atoms. The van der Waals surface area contributed by atoms with E-state index < -0.39 is 0 Å². The molecule has 2 N–H and O–H groups in total. The molecule has 0 atom stereocenters. The number of anilines is 1. The quantitative estimate of drug-likeness (QED) is 0.724. The van der Waals surface area contributed by atoms with E-state index in [9.17, 15) is 4.39 Å². The zero-order valence-corrected chi connectivity index (χ0v) is 10.8. The molecule has 0 aliphatic rings. The maximum atomic E-state index is 13.3. The molecule has 0 amide bonds. The summed E-state index contributed by atoms with van der Waals surface area (Å²) < 4.78 is 15.2. The fraction of sp³-hybridized carbons (Fsp3) is 0.133. The number of rotatable bonds is 1. The monoisotopic (exact) mass is 255 g/mol. The van der Waals surface area contributed by atoms with Crippen molar-refractivity contribution in [3.05, 3.63) is 53.5 Å². The molecular formula is C15H14FN3. The summed E-state index contributed by atoms with van der Waals surface area (Å²) in [7, 11) is 0. The molecule has 0 radical (unpaired) electrons. The minimum atomic E-state index is -0.290. The Morgan fingerprint density at radius 1 is 1.16 bits per heavy atom. The summed E-state index contributed by atoms with van der Waals surface area (Å²) in [6.07, 6.45) is 0. The van der Waals surface area contributed by atoms with E-state index in [1.54, 1.807) is 6.07 Å². The Bertz CT molecular complexity index is 774. The molecule has 96 valence electrons. The van der Waals surface area contributed by atoms with Gasteiger partial charge in [-0.05, 0) is 43.7 Å². The average Bonchev–Trinajstić information content (AvgIpc) is 2.66. The number of hydrogen-bond acceptors (Lipinski definition) is 2. The topological polar surface area (TPSA) is 43.3 Å². The number of hydrogen-bond donors (Lipinski definition) is 1. The summed E-state index contributed by atoms with van der Waals surface area (Å²) in [5.74, 6) is 0.250. The van der Waals surface area contributed by atoms with Crippen molar-refractivity contribution in [1.82, 2.24) is 9.38 Å². The van der Waals surface area contributed by atoms with Crippen LogP contribution in [0.2, 0.25) is 0 Å². The molecular weight excluding hydrogens is 241 g/mol. The van der Waals surface area contributed by atoms with Crippen molar-refractivity contribution in [1.29, 1.82) is 0 Å². The van der Waals surface area contributed by atoms with Crippen molar-refractivity contribution >= 4 is 11.5 Å². The van der Waals surface area contributed by atoms with E-state index in [0.29, 0.717) is 17.1 Å². The number of fused-ring (bicyclic) bond motifs is 1. The standard InChI is InChI=1S/C15H14FN3/c1-9-6-10(2)19-13(7-9)18-14(15(19)17)11-4-3-5-12(16)8-11/h3-8H,17H2,1-2H3. The van der Waals surface area contributed by atoms with Crippen LogP contribution in [0.25, 0.3) is 16.9 Å². The molecule has 0 spiro atoms. The van der Waals surface area contributed by atoms with Gasteiger partial charge in [0.1, 0.15) is 23.0 Å². The first-order chi connectivity index (χ1) is 9.06. The molecule has 3 rings (SSSR count). The lowest BCUT2D eigenvalue weighted by molar-refractivity contribution is 0.628. The Morgan fingerprint density at radius 2 is 1.95 bits per heavy atom. The first-order valence-electron chi connectivity index (χ1n) is 6.07. The number of aryl methyl sites for hydroxylation is 2. The number of aromatic nitrogens is 2. The number of nitrogens with zero attached hydrogens (tertiary/aromatic N) is 2. The molecule has 1 aromatic carbocycles.